The zero-order chi connectivity index (χ0) is 13.7. The molecule has 0 bridgehead atoms. The molecule has 1 saturated heterocycles. The van der Waals surface area contributed by atoms with Gasteiger partial charge in [-0.25, -0.2) is 0 Å². The Balaban J connectivity index is 2.05. The molecule has 3 nitrogen and oxygen atoms in total. The van der Waals surface area contributed by atoms with Gasteiger partial charge in [0.05, 0.1) is 12.8 Å². The second-order valence-corrected chi connectivity index (χ2v) is 5.50. The van der Waals surface area contributed by atoms with E-state index in [1.807, 2.05) is 11.8 Å². The Morgan fingerprint density at radius 3 is 2.95 bits per heavy atom. The topological polar surface area (TPSA) is 30.5 Å². The van der Waals surface area contributed by atoms with Crippen molar-refractivity contribution < 1.29 is 18.3 Å². The predicted molar refractivity (Wildman–Crippen MR) is 73.5 cm³/mol. The summed E-state index contributed by atoms with van der Waals surface area (Å²) in [6.07, 6.45) is 1.16. The molecular formula is C13H17F2NO2S. The van der Waals surface area contributed by atoms with Crippen LogP contribution in [0.5, 0.6) is 11.5 Å². The van der Waals surface area contributed by atoms with Crippen molar-refractivity contribution in [3.05, 3.63) is 18.2 Å². The monoisotopic (exact) mass is 289 g/mol. The molecule has 1 fully saturated rings. The molecule has 19 heavy (non-hydrogen) atoms. The standard InChI is InChI=1S/C13H17F2NO2S/c1-17-10-2-3-12(18-13(14)15)11(6-10)16-7-9-4-5-19-8-9/h2-3,6,9,13,16H,4-5,7-8H2,1H3. The number of alkyl halides is 2. The molecular weight excluding hydrogens is 272 g/mol. The van der Waals surface area contributed by atoms with Crippen LogP contribution in [-0.4, -0.2) is 31.8 Å². The van der Waals surface area contributed by atoms with Crippen LogP contribution in [0.4, 0.5) is 14.5 Å². The van der Waals surface area contributed by atoms with Crippen molar-refractivity contribution in [1.29, 1.82) is 0 Å². The highest BCUT2D eigenvalue weighted by Gasteiger charge is 2.17. The molecule has 2 rings (SSSR count). The zero-order valence-corrected chi connectivity index (χ0v) is 11.5. The summed E-state index contributed by atoms with van der Waals surface area (Å²) in [4.78, 5) is 0. The summed E-state index contributed by atoms with van der Waals surface area (Å²) in [5, 5.41) is 3.18. The minimum Gasteiger partial charge on any atom is -0.497 e. The highest BCUT2D eigenvalue weighted by Crippen LogP contribution is 2.31. The fourth-order valence-corrected chi connectivity index (χ4v) is 3.26. The van der Waals surface area contributed by atoms with E-state index in [1.54, 1.807) is 19.2 Å². The van der Waals surface area contributed by atoms with Crippen molar-refractivity contribution in [2.45, 2.75) is 13.0 Å². The molecule has 1 aromatic rings. The lowest BCUT2D eigenvalue weighted by Crippen LogP contribution is -2.14. The Kier molecular flexibility index (Phi) is 5.13. The molecule has 1 unspecified atom stereocenters. The van der Waals surface area contributed by atoms with Crippen molar-refractivity contribution >= 4 is 17.4 Å². The number of benzene rings is 1. The molecule has 0 aromatic heterocycles. The molecule has 1 N–H and O–H groups in total. The lowest BCUT2D eigenvalue weighted by molar-refractivity contribution is -0.0494. The number of rotatable bonds is 6. The average Bonchev–Trinajstić information content (AvgIpc) is 2.90. The van der Waals surface area contributed by atoms with Crippen LogP contribution in [0.3, 0.4) is 0 Å². The highest BCUT2D eigenvalue weighted by molar-refractivity contribution is 7.99. The SMILES string of the molecule is COc1ccc(OC(F)F)c(NCC2CCSC2)c1. The Hall–Kier alpha value is -1.17. The molecule has 1 aliphatic rings. The molecule has 1 aromatic carbocycles. The third-order valence-electron chi connectivity index (χ3n) is 3.01. The number of ether oxygens (including phenoxy) is 2. The van der Waals surface area contributed by atoms with Gasteiger partial charge in [-0.1, -0.05) is 0 Å². The largest absolute Gasteiger partial charge is 0.497 e. The van der Waals surface area contributed by atoms with Gasteiger partial charge in [0.2, 0.25) is 0 Å². The van der Waals surface area contributed by atoms with E-state index in [0.717, 1.165) is 18.7 Å². The van der Waals surface area contributed by atoms with Crippen molar-refractivity contribution in [1.82, 2.24) is 0 Å². The van der Waals surface area contributed by atoms with Crippen molar-refractivity contribution in [3.63, 3.8) is 0 Å². The van der Waals surface area contributed by atoms with E-state index in [4.69, 9.17) is 4.74 Å². The molecule has 0 amide bonds. The van der Waals surface area contributed by atoms with E-state index >= 15 is 0 Å². The van der Waals surface area contributed by atoms with E-state index in [0.29, 0.717) is 17.4 Å². The van der Waals surface area contributed by atoms with E-state index in [-0.39, 0.29) is 5.75 Å². The normalized spacial score (nSPS) is 18.6. The summed E-state index contributed by atoms with van der Waals surface area (Å²) < 4.78 is 34.3. The molecule has 0 saturated carbocycles. The number of nitrogens with one attached hydrogen (secondary N) is 1. The lowest BCUT2D eigenvalue weighted by Gasteiger charge is -2.16. The third-order valence-corrected chi connectivity index (χ3v) is 4.24. The van der Waals surface area contributed by atoms with Gasteiger partial charge >= 0.3 is 6.61 Å². The lowest BCUT2D eigenvalue weighted by atomic mass is 10.1. The van der Waals surface area contributed by atoms with Crippen LogP contribution in [0.2, 0.25) is 0 Å². The first kappa shape index (κ1) is 14.2. The Bertz CT molecular complexity index is 412. The summed E-state index contributed by atoms with van der Waals surface area (Å²) in [6.45, 7) is -2.06. The summed E-state index contributed by atoms with van der Waals surface area (Å²) in [6, 6.07) is 4.78. The first-order chi connectivity index (χ1) is 9.19. The maximum Gasteiger partial charge on any atom is 0.387 e. The Morgan fingerprint density at radius 2 is 2.32 bits per heavy atom. The van der Waals surface area contributed by atoms with Gasteiger partial charge in [0.25, 0.3) is 0 Å². The number of hydrogen-bond donors (Lipinski definition) is 1. The first-order valence-corrected chi connectivity index (χ1v) is 7.29. The number of halogens is 2. The van der Waals surface area contributed by atoms with Gasteiger partial charge in [-0.15, -0.1) is 0 Å². The molecule has 0 spiro atoms. The second-order valence-electron chi connectivity index (χ2n) is 4.35. The maximum absolute atomic E-state index is 12.3. The fourth-order valence-electron chi connectivity index (χ4n) is 1.97. The summed E-state index contributed by atoms with van der Waals surface area (Å²) in [5.41, 5.74) is 0.552. The van der Waals surface area contributed by atoms with E-state index in [2.05, 4.69) is 10.1 Å². The number of thioether (sulfide) groups is 1. The van der Waals surface area contributed by atoms with E-state index < -0.39 is 6.61 Å². The van der Waals surface area contributed by atoms with Crippen molar-refractivity contribution in [3.8, 4) is 11.5 Å². The van der Waals surface area contributed by atoms with Crippen LogP contribution < -0.4 is 14.8 Å². The Labute approximate surface area is 115 Å². The first-order valence-electron chi connectivity index (χ1n) is 6.13. The minimum atomic E-state index is -2.82. The second kappa shape index (κ2) is 6.84. The fraction of sp³-hybridized carbons (Fsp3) is 0.538. The zero-order valence-electron chi connectivity index (χ0n) is 10.7. The van der Waals surface area contributed by atoms with Crippen LogP contribution in [0.25, 0.3) is 0 Å². The summed E-state index contributed by atoms with van der Waals surface area (Å²) in [7, 11) is 1.54. The van der Waals surface area contributed by atoms with Gasteiger partial charge < -0.3 is 14.8 Å². The van der Waals surface area contributed by atoms with Crippen LogP contribution in [0.15, 0.2) is 18.2 Å². The van der Waals surface area contributed by atoms with Gasteiger partial charge in [-0.3, -0.25) is 0 Å². The van der Waals surface area contributed by atoms with Gasteiger partial charge in [-0.2, -0.15) is 20.5 Å². The average molecular weight is 289 g/mol. The van der Waals surface area contributed by atoms with Crippen LogP contribution >= 0.6 is 11.8 Å². The molecule has 0 aliphatic carbocycles. The number of methoxy groups -OCH3 is 1. The molecule has 1 atom stereocenters. The summed E-state index contributed by atoms with van der Waals surface area (Å²) in [5.74, 6) is 3.63. The quantitative estimate of drug-likeness (QED) is 0.868. The van der Waals surface area contributed by atoms with Gasteiger partial charge in [-0.05, 0) is 36.0 Å². The van der Waals surface area contributed by atoms with Crippen LogP contribution in [0, 0.1) is 5.92 Å². The third kappa shape index (κ3) is 4.16. The number of hydrogen-bond acceptors (Lipinski definition) is 4. The van der Waals surface area contributed by atoms with E-state index in [9.17, 15) is 8.78 Å². The van der Waals surface area contributed by atoms with Crippen molar-refractivity contribution in [2.24, 2.45) is 5.92 Å². The molecule has 0 radical (unpaired) electrons. The van der Waals surface area contributed by atoms with Gasteiger partial charge in [0.1, 0.15) is 11.5 Å². The molecule has 1 aliphatic heterocycles. The van der Waals surface area contributed by atoms with Gasteiger partial charge in [0, 0.05) is 12.6 Å². The Morgan fingerprint density at radius 1 is 1.47 bits per heavy atom. The summed E-state index contributed by atoms with van der Waals surface area (Å²) >= 11 is 1.92. The van der Waals surface area contributed by atoms with Gasteiger partial charge in [0.15, 0.2) is 0 Å². The van der Waals surface area contributed by atoms with Crippen LogP contribution in [0.1, 0.15) is 6.42 Å². The molecule has 6 heteroatoms. The number of anilines is 1. The highest BCUT2D eigenvalue weighted by atomic mass is 32.2. The van der Waals surface area contributed by atoms with Crippen molar-refractivity contribution in [2.75, 3.05) is 30.5 Å². The van der Waals surface area contributed by atoms with E-state index in [1.165, 1.54) is 11.8 Å². The predicted octanol–water partition coefficient (Wildman–Crippen LogP) is 3.46. The molecule has 1 heterocycles. The minimum absolute atomic E-state index is 0.154. The maximum atomic E-state index is 12.3. The molecule has 106 valence electrons. The van der Waals surface area contributed by atoms with Crippen LogP contribution in [-0.2, 0) is 0 Å². The smallest absolute Gasteiger partial charge is 0.387 e.